The third-order valence-corrected chi connectivity index (χ3v) is 0. The Labute approximate surface area is 39.9 Å². The van der Waals surface area contributed by atoms with Crippen LogP contribution in [0.5, 0.6) is 0 Å². The summed E-state index contributed by atoms with van der Waals surface area (Å²) in [5, 5.41) is 0. The van der Waals surface area contributed by atoms with Crippen molar-refractivity contribution in [1.29, 1.82) is 0 Å². The Hall–Kier alpha value is 0.182. The molecule has 0 spiro atoms. The first-order valence-electron chi connectivity index (χ1n) is 0.642. The van der Waals surface area contributed by atoms with Gasteiger partial charge in [-0.1, -0.05) is 0 Å². The van der Waals surface area contributed by atoms with Crippen molar-refractivity contribution in [3.05, 3.63) is 18.9 Å². The number of rotatable bonds is 0. The van der Waals surface area contributed by atoms with Crippen LogP contribution in [0.2, 0.25) is 0 Å². The van der Waals surface area contributed by atoms with Crippen LogP contribution in [0.15, 0.2) is 12.3 Å². The van der Waals surface area contributed by atoms with Gasteiger partial charge in [0.05, 0.1) is 0 Å². The van der Waals surface area contributed by atoms with Gasteiger partial charge >= 0.3 is 0 Å². The topological polar surface area (TPSA) is 0 Å². The monoisotopic (exact) mass is 145 g/mol. The molecular weight excluding hydrogens is 142 g/mol. The molecule has 0 saturated carbocycles. The summed E-state index contributed by atoms with van der Waals surface area (Å²) in [7, 11) is 0. The number of hydrogen-bond donors (Lipinski definition) is 0. The van der Waals surface area contributed by atoms with Gasteiger partial charge in [0.2, 0.25) is 0 Å². The van der Waals surface area contributed by atoms with E-state index in [1.165, 1.54) is 0 Å². The summed E-state index contributed by atoms with van der Waals surface area (Å²) in [5.41, 5.74) is 2.00. The van der Waals surface area contributed by atoms with Crippen molar-refractivity contribution in [3.8, 4) is 0 Å². The summed E-state index contributed by atoms with van der Waals surface area (Å²) in [6.07, 6.45) is 0. The van der Waals surface area contributed by atoms with Gasteiger partial charge < -0.3 is 5.73 Å². The van der Waals surface area contributed by atoms with Gasteiger partial charge in [0, 0.05) is 20.4 Å². The number of hydrogen-bond acceptors (Lipinski definition) is 0. The Kier molecular flexibility index (Phi) is 24.1. The second-order valence-electron chi connectivity index (χ2n) is 0.204. The van der Waals surface area contributed by atoms with E-state index >= 15 is 0 Å². The van der Waals surface area contributed by atoms with Gasteiger partial charge in [-0.05, 0) is 0 Å². The molecule has 4 heavy (non-hydrogen) atoms. The van der Waals surface area contributed by atoms with Crippen LogP contribution in [-0.4, -0.2) is 0 Å². The van der Waals surface area contributed by atoms with Gasteiger partial charge in [-0.15, -0.1) is 0 Å². The molecule has 0 aliphatic carbocycles. The van der Waals surface area contributed by atoms with Gasteiger partial charge in [-0.25, -0.2) is 13.2 Å². The fraction of sp³-hybridized carbons (Fsp3) is 0. The Morgan fingerprint density at radius 3 is 1.75 bits per heavy atom. The molecule has 0 aromatic carbocycles. The molecule has 0 unspecified atom stereocenters. The molecule has 1 heteroatoms. The van der Waals surface area contributed by atoms with Crippen molar-refractivity contribution in [1.82, 2.24) is 0 Å². The standard InChI is InChI=1S/C3H3.Pd/c1-3-2;/h1H,2H2;/q-1;. The van der Waals surface area contributed by atoms with Crippen molar-refractivity contribution < 1.29 is 20.4 Å². The average Bonchev–Trinajstić information content (AvgIpc) is 0.918. The smallest absolute Gasteiger partial charge is 0 e. The Morgan fingerprint density at radius 2 is 1.75 bits per heavy atom. The zero-order valence-electron chi connectivity index (χ0n) is 2.10. The van der Waals surface area contributed by atoms with Crippen LogP contribution in [0.3, 0.4) is 0 Å². The minimum Gasteiger partial charge on any atom is -0.342 e. The van der Waals surface area contributed by atoms with E-state index in [1.54, 1.807) is 0 Å². The van der Waals surface area contributed by atoms with Crippen molar-refractivity contribution in [3.63, 3.8) is 0 Å². The first kappa shape index (κ1) is 8.89. The molecule has 0 N–H and O–H groups in total. The van der Waals surface area contributed by atoms with Gasteiger partial charge in [-0.3, -0.25) is 0 Å². The molecule has 0 amide bonds. The van der Waals surface area contributed by atoms with Crippen molar-refractivity contribution in [2.75, 3.05) is 0 Å². The summed E-state index contributed by atoms with van der Waals surface area (Å²) in [6, 6.07) is 0. The van der Waals surface area contributed by atoms with E-state index < -0.39 is 0 Å². The Morgan fingerprint density at radius 1 is 1.75 bits per heavy atom. The maximum Gasteiger partial charge on any atom is 0 e. The van der Waals surface area contributed by atoms with E-state index in [0.717, 1.165) is 0 Å². The molecule has 0 heterocycles. The van der Waals surface area contributed by atoms with Crippen LogP contribution in [-0.2, 0) is 20.4 Å². The molecule has 26 valence electrons. The van der Waals surface area contributed by atoms with Crippen LogP contribution < -0.4 is 0 Å². The van der Waals surface area contributed by atoms with Crippen molar-refractivity contribution >= 4 is 0 Å². The third kappa shape index (κ3) is 91.8. The minimum absolute atomic E-state index is 0. The molecule has 0 aromatic rings. The second kappa shape index (κ2) is 10.8. The normalized spacial score (nSPS) is 2.00. The van der Waals surface area contributed by atoms with Gasteiger partial charge in [0.1, 0.15) is 0 Å². The van der Waals surface area contributed by atoms with Gasteiger partial charge in [-0.2, -0.15) is 0 Å². The Balaban J connectivity index is 0. The van der Waals surface area contributed by atoms with E-state index in [4.69, 9.17) is 0 Å². The van der Waals surface area contributed by atoms with E-state index in [0.29, 0.717) is 0 Å². The fourth-order valence-electron chi connectivity index (χ4n) is 0. The van der Waals surface area contributed by atoms with Crippen LogP contribution >= 0.6 is 0 Å². The average molecular weight is 145 g/mol. The van der Waals surface area contributed by atoms with Crippen LogP contribution in [0.25, 0.3) is 0 Å². The molecular formula is C3H3Pd-. The first-order chi connectivity index (χ1) is 1.41. The molecule has 0 atom stereocenters. The summed E-state index contributed by atoms with van der Waals surface area (Å²) in [6.45, 7) is 7.50. The maximum atomic E-state index is 4.49. The summed E-state index contributed by atoms with van der Waals surface area (Å²) in [5.74, 6) is 0. The molecule has 0 rings (SSSR count). The molecule has 0 radical (unpaired) electrons. The third-order valence-electron chi connectivity index (χ3n) is 0. The largest absolute Gasteiger partial charge is 0.342 e. The molecule has 0 aliphatic heterocycles. The molecule has 0 aromatic heterocycles. The SMILES string of the molecule is [CH-]=C=C.[Pd]. The summed E-state index contributed by atoms with van der Waals surface area (Å²) >= 11 is 0. The zero-order valence-corrected chi connectivity index (χ0v) is 3.66. The van der Waals surface area contributed by atoms with Crippen molar-refractivity contribution in [2.45, 2.75) is 0 Å². The van der Waals surface area contributed by atoms with Crippen molar-refractivity contribution in [2.24, 2.45) is 0 Å². The maximum absolute atomic E-state index is 4.49. The Bertz CT molecular complexity index is 24.3. The fourth-order valence-corrected chi connectivity index (χ4v) is 0. The summed E-state index contributed by atoms with van der Waals surface area (Å²) < 4.78 is 0. The molecule has 0 aliphatic rings. The van der Waals surface area contributed by atoms with Gasteiger partial charge in [0.15, 0.2) is 0 Å². The van der Waals surface area contributed by atoms with Gasteiger partial charge in [0.25, 0.3) is 0 Å². The van der Waals surface area contributed by atoms with Crippen LogP contribution in [0.4, 0.5) is 0 Å². The quantitative estimate of drug-likeness (QED) is 0.268. The van der Waals surface area contributed by atoms with E-state index in [9.17, 15) is 0 Å². The first-order valence-corrected chi connectivity index (χ1v) is 0.642. The minimum atomic E-state index is 0. The van der Waals surface area contributed by atoms with E-state index in [2.05, 4.69) is 13.2 Å². The predicted octanol–water partition coefficient (Wildman–Crippen LogP) is 0.758. The van der Waals surface area contributed by atoms with E-state index in [1.807, 2.05) is 5.73 Å². The molecule has 0 bridgehead atoms. The van der Waals surface area contributed by atoms with Crippen LogP contribution in [0.1, 0.15) is 0 Å². The molecule has 0 saturated heterocycles. The molecule has 0 nitrogen and oxygen atoms in total. The van der Waals surface area contributed by atoms with E-state index in [-0.39, 0.29) is 20.4 Å². The zero-order chi connectivity index (χ0) is 2.71. The second-order valence-corrected chi connectivity index (χ2v) is 0.204. The van der Waals surface area contributed by atoms with Crippen LogP contribution in [0, 0.1) is 6.58 Å². The predicted molar refractivity (Wildman–Crippen MR) is 13.4 cm³/mol. The summed E-state index contributed by atoms with van der Waals surface area (Å²) in [4.78, 5) is 0. The molecule has 0 fully saturated rings.